The molecule has 1 heterocycles. The van der Waals surface area contributed by atoms with Gasteiger partial charge in [0.15, 0.2) is 0 Å². The normalized spacial score (nSPS) is 10.9. The number of sulfonamides is 1. The van der Waals surface area contributed by atoms with Crippen LogP contribution in [0.25, 0.3) is 0 Å². The Hall–Kier alpha value is -3.26. The van der Waals surface area contributed by atoms with Crippen molar-refractivity contribution in [2.75, 3.05) is 24.3 Å². The number of pyridine rings is 1. The molecule has 8 heteroatoms. The number of methoxy groups -OCH3 is 2. The Morgan fingerprint density at radius 3 is 1.85 bits per heavy atom. The lowest BCUT2D eigenvalue weighted by Gasteiger charge is -2.10. The van der Waals surface area contributed by atoms with E-state index in [4.69, 9.17) is 9.47 Å². The molecule has 0 atom stereocenters. The number of ether oxygens (including phenoxy) is 2. The monoisotopic (exact) mass is 385 g/mol. The van der Waals surface area contributed by atoms with Gasteiger partial charge in [-0.15, -0.1) is 0 Å². The van der Waals surface area contributed by atoms with Crippen LogP contribution in [0.3, 0.4) is 0 Å². The van der Waals surface area contributed by atoms with E-state index in [1.807, 2.05) is 24.3 Å². The number of nitrogens with zero attached hydrogens (tertiary/aromatic N) is 1. The average molecular weight is 385 g/mol. The molecule has 140 valence electrons. The van der Waals surface area contributed by atoms with E-state index in [0.717, 1.165) is 11.4 Å². The van der Waals surface area contributed by atoms with Gasteiger partial charge in [-0.25, -0.2) is 13.4 Å². The fraction of sp³-hybridized carbons (Fsp3) is 0.105. The fourth-order valence-corrected chi connectivity index (χ4v) is 3.36. The summed E-state index contributed by atoms with van der Waals surface area (Å²) in [5.41, 5.74) is 1.21. The van der Waals surface area contributed by atoms with Crippen LogP contribution < -0.4 is 19.5 Å². The minimum Gasteiger partial charge on any atom is -0.497 e. The molecule has 1 aromatic heterocycles. The molecular formula is C19H19N3O4S. The summed E-state index contributed by atoms with van der Waals surface area (Å²) < 4.78 is 37.5. The summed E-state index contributed by atoms with van der Waals surface area (Å²) in [6.45, 7) is 0. The van der Waals surface area contributed by atoms with Crippen molar-refractivity contribution >= 4 is 27.2 Å². The van der Waals surface area contributed by atoms with Crippen LogP contribution in [0.1, 0.15) is 0 Å². The SMILES string of the molecule is COc1ccc(Nc2ccc(NS(=O)(=O)c3ccc(OC)cc3)cn2)cc1. The van der Waals surface area contributed by atoms with Crippen LogP contribution in [0, 0.1) is 0 Å². The minimum absolute atomic E-state index is 0.142. The Morgan fingerprint density at radius 2 is 1.33 bits per heavy atom. The molecule has 0 radical (unpaired) electrons. The third-order valence-corrected chi connectivity index (χ3v) is 5.15. The summed E-state index contributed by atoms with van der Waals surface area (Å²) in [5.74, 6) is 1.94. The molecule has 0 amide bonds. The van der Waals surface area contributed by atoms with E-state index in [9.17, 15) is 8.42 Å². The first-order valence-electron chi connectivity index (χ1n) is 8.04. The summed E-state index contributed by atoms with van der Waals surface area (Å²) in [7, 11) is -0.568. The molecule has 3 aromatic rings. The van der Waals surface area contributed by atoms with E-state index in [1.54, 1.807) is 31.4 Å². The van der Waals surface area contributed by atoms with Gasteiger partial charge < -0.3 is 14.8 Å². The van der Waals surface area contributed by atoms with E-state index in [2.05, 4.69) is 15.0 Å². The second-order valence-corrected chi connectivity index (χ2v) is 7.25. The van der Waals surface area contributed by atoms with Crippen LogP contribution in [-0.4, -0.2) is 27.6 Å². The summed E-state index contributed by atoms with van der Waals surface area (Å²) in [6.07, 6.45) is 1.45. The molecule has 0 spiro atoms. The van der Waals surface area contributed by atoms with Gasteiger partial charge in [-0.3, -0.25) is 4.72 Å². The Labute approximate surface area is 158 Å². The molecule has 27 heavy (non-hydrogen) atoms. The molecule has 0 saturated heterocycles. The van der Waals surface area contributed by atoms with Crippen LogP contribution >= 0.6 is 0 Å². The number of benzene rings is 2. The zero-order chi connectivity index (χ0) is 19.3. The van der Waals surface area contributed by atoms with Gasteiger partial charge in [0, 0.05) is 5.69 Å². The molecule has 0 aliphatic heterocycles. The number of anilines is 3. The predicted octanol–water partition coefficient (Wildman–Crippen LogP) is 3.64. The van der Waals surface area contributed by atoms with Gasteiger partial charge in [0.05, 0.1) is 31.0 Å². The smallest absolute Gasteiger partial charge is 0.261 e. The Kier molecular flexibility index (Phi) is 5.46. The molecule has 0 aliphatic rings. The van der Waals surface area contributed by atoms with Gasteiger partial charge in [0.1, 0.15) is 17.3 Å². The highest BCUT2D eigenvalue weighted by Crippen LogP contribution is 2.21. The maximum absolute atomic E-state index is 12.4. The Balaban J connectivity index is 1.68. The summed E-state index contributed by atoms with van der Waals surface area (Å²) in [5, 5.41) is 3.13. The second kappa shape index (κ2) is 7.96. The minimum atomic E-state index is -3.70. The van der Waals surface area contributed by atoms with Crippen molar-refractivity contribution in [3.63, 3.8) is 0 Å². The zero-order valence-electron chi connectivity index (χ0n) is 14.8. The first kappa shape index (κ1) is 18.5. The Morgan fingerprint density at radius 1 is 0.778 bits per heavy atom. The van der Waals surface area contributed by atoms with Crippen molar-refractivity contribution in [1.82, 2.24) is 4.98 Å². The first-order chi connectivity index (χ1) is 13.0. The lowest BCUT2D eigenvalue weighted by Crippen LogP contribution is -2.13. The van der Waals surface area contributed by atoms with E-state index in [-0.39, 0.29) is 4.90 Å². The van der Waals surface area contributed by atoms with Crippen LogP contribution in [0.4, 0.5) is 17.2 Å². The van der Waals surface area contributed by atoms with Crippen molar-refractivity contribution in [3.05, 3.63) is 66.9 Å². The largest absolute Gasteiger partial charge is 0.497 e. The number of rotatable bonds is 7. The lowest BCUT2D eigenvalue weighted by atomic mass is 10.3. The molecule has 2 aromatic carbocycles. The van der Waals surface area contributed by atoms with Crippen molar-refractivity contribution in [2.45, 2.75) is 4.90 Å². The third kappa shape index (κ3) is 4.68. The Bertz CT molecular complexity index is 987. The maximum atomic E-state index is 12.4. The average Bonchev–Trinajstić information content (AvgIpc) is 2.70. The summed E-state index contributed by atoms with van der Waals surface area (Å²) in [4.78, 5) is 4.37. The standard InChI is InChI=1S/C19H19N3O4S/c1-25-16-6-3-14(4-7-16)21-19-12-5-15(13-20-19)22-27(23,24)18-10-8-17(26-2)9-11-18/h3-13,22H,1-2H3,(H,20,21). The predicted molar refractivity (Wildman–Crippen MR) is 104 cm³/mol. The first-order valence-corrected chi connectivity index (χ1v) is 9.52. The quantitative estimate of drug-likeness (QED) is 0.645. The summed E-state index contributed by atoms with van der Waals surface area (Å²) in [6, 6.07) is 16.9. The third-order valence-electron chi connectivity index (χ3n) is 3.75. The topological polar surface area (TPSA) is 89.6 Å². The van der Waals surface area contributed by atoms with Crippen LogP contribution in [-0.2, 0) is 10.0 Å². The van der Waals surface area contributed by atoms with Crippen molar-refractivity contribution in [1.29, 1.82) is 0 Å². The number of hydrogen-bond donors (Lipinski definition) is 2. The van der Waals surface area contributed by atoms with E-state index >= 15 is 0 Å². The molecule has 0 aliphatic carbocycles. The van der Waals surface area contributed by atoms with Crippen LogP contribution in [0.5, 0.6) is 11.5 Å². The molecule has 0 saturated carbocycles. The van der Waals surface area contributed by atoms with Crippen molar-refractivity contribution in [3.8, 4) is 11.5 Å². The van der Waals surface area contributed by atoms with Gasteiger partial charge in [-0.1, -0.05) is 0 Å². The fourth-order valence-electron chi connectivity index (χ4n) is 2.32. The van der Waals surface area contributed by atoms with Gasteiger partial charge in [0.25, 0.3) is 10.0 Å². The number of nitrogens with one attached hydrogen (secondary N) is 2. The lowest BCUT2D eigenvalue weighted by molar-refractivity contribution is 0.414. The van der Waals surface area contributed by atoms with Gasteiger partial charge in [-0.2, -0.15) is 0 Å². The molecule has 3 rings (SSSR count). The summed E-state index contributed by atoms with van der Waals surface area (Å²) >= 11 is 0. The van der Waals surface area contributed by atoms with E-state index in [0.29, 0.717) is 17.3 Å². The van der Waals surface area contributed by atoms with Crippen molar-refractivity contribution < 1.29 is 17.9 Å². The maximum Gasteiger partial charge on any atom is 0.261 e. The van der Waals surface area contributed by atoms with Gasteiger partial charge >= 0.3 is 0 Å². The zero-order valence-corrected chi connectivity index (χ0v) is 15.7. The van der Waals surface area contributed by atoms with Crippen LogP contribution in [0.2, 0.25) is 0 Å². The molecule has 0 fully saturated rings. The van der Waals surface area contributed by atoms with Gasteiger partial charge in [0.2, 0.25) is 0 Å². The van der Waals surface area contributed by atoms with E-state index < -0.39 is 10.0 Å². The second-order valence-electron chi connectivity index (χ2n) is 5.57. The molecule has 0 bridgehead atoms. The highest BCUT2D eigenvalue weighted by Gasteiger charge is 2.14. The van der Waals surface area contributed by atoms with E-state index in [1.165, 1.54) is 25.4 Å². The molecular weight excluding hydrogens is 366 g/mol. The molecule has 2 N–H and O–H groups in total. The highest BCUT2D eigenvalue weighted by atomic mass is 32.2. The highest BCUT2D eigenvalue weighted by molar-refractivity contribution is 7.92. The number of aromatic nitrogens is 1. The van der Waals surface area contributed by atoms with Gasteiger partial charge in [-0.05, 0) is 60.7 Å². The number of hydrogen-bond acceptors (Lipinski definition) is 6. The molecule has 7 nitrogen and oxygen atoms in total. The van der Waals surface area contributed by atoms with Crippen molar-refractivity contribution in [2.24, 2.45) is 0 Å². The van der Waals surface area contributed by atoms with Crippen LogP contribution in [0.15, 0.2) is 71.8 Å². The molecule has 0 unspecified atom stereocenters.